The van der Waals surface area contributed by atoms with Gasteiger partial charge in [-0.15, -0.1) is 5.10 Å². The number of ether oxygens (including phenoxy) is 1. The molecule has 3 aromatic rings. The molecule has 3 rings (SSSR count). The van der Waals surface area contributed by atoms with Gasteiger partial charge in [-0.05, 0) is 41.4 Å². The highest BCUT2D eigenvalue weighted by atomic mass is 35.5. The minimum atomic E-state index is -0.265. The van der Waals surface area contributed by atoms with Crippen LogP contribution >= 0.6 is 34.7 Å². The minimum absolute atomic E-state index is 0.265. The maximum absolute atomic E-state index is 12.5. The highest BCUT2D eigenvalue weighted by molar-refractivity contribution is 7.08. The van der Waals surface area contributed by atoms with E-state index in [1.807, 2.05) is 24.3 Å². The van der Waals surface area contributed by atoms with Crippen molar-refractivity contribution in [1.29, 1.82) is 0 Å². The fraction of sp³-hybridized carbons (Fsp3) is 0.118. The quantitative estimate of drug-likeness (QED) is 0.695. The fourth-order valence-corrected chi connectivity index (χ4v) is 3.30. The van der Waals surface area contributed by atoms with Gasteiger partial charge in [0.1, 0.15) is 16.3 Å². The van der Waals surface area contributed by atoms with Crippen molar-refractivity contribution in [2.75, 3.05) is 7.11 Å². The van der Waals surface area contributed by atoms with Crippen LogP contribution in [0.25, 0.3) is 11.3 Å². The molecule has 8 heteroatoms. The molecule has 25 heavy (non-hydrogen) atoms. The Kier molecular flexibility index (Phi) is 5.53. The summed E-state index contributed by atoms with van der Waals surface area (Å²) >= 11 is 13.0. The first-order chi connectivity index (χ1) is 12.1. The summed E-state index contributed by atoms with van der Waals surface area (Å²) in [6.45, 7) is 0.282. The topological polar surface area (TPSA) is 64.1 Å². The third-order valence-electron chi connectivity index (χ3n) is 3.49. The zero-order valence-corrected chi connectivity index (χ0v) is 15.5. The largest absolute Gasteiger partial charge is 0.497 e. The molecule has 0 atom stereocenters. The lowest BCUT2D eigenvalue weighted by Crippen LogP contribution is -2.22. The van der Waals surface area contributed by atoms with Crippen molar-refractivity contribution in [1.82, 2.24) is 14.9 Å². The predicted octanol–water partition coefficient (Wildman–Crippen LogP) is 4.45. The first kappa shape index (κ1) is 17.7. The van der Waals surface area contributed by atoms with Crippen molar-refractivity contribution in [3.8, 4) is 17.0 Å². The first-order valence-electron chi connectivity index (χ1n) is 7.27. The second-order valence-electron chi connectivity index (χ2n) is 5.10. The molecule has 0 radical (unpaired) electrons. The van der Waals surface area contributed by atoms with Gasteiger partial charge in [0.25, 0.3) is 5.91 Å². The number of nitrogens with zero attached hydrogens (tertiary/aromatic N) is 2. The molecule has 2 aromatic carbocycles. The summed E-state index contributed by atoms with van der Waals surface area (Å²) in [7, 11) is 1.59. The molecule has 0 aliphatic carbocycles. The summed E-state index contributed by atoms with van der Waals surface area (Å²) in [4.78, 5) is 13.0. The van der Waals surface area contributed by atoms with Crippen LogP contribution in [-0.4, -0.2) is 22.6 Å². The Morgan fingerprint density at radius 3 is 2.84 bits per heavy atom. The number of methoxy groups -OCH3 is 1. The van der Waals surface area contributed by atoms with E-state index in [4.69, 9.17) is 27.9 Å². The van der Waals surface area contributed by atoms with E-state index in [-0.39, 0.29) is 12.5 Å². The van der Waals surface area contributed by atoms with E-state index in [9.17, 15) is 4.79 Å². The van der Waals surface area contributed by atoms with Crippen LogP contribution in [0.15, 0.2) is 42.5 Å². The lowest BCUT2D eigenvalue weighted by atomic mass is 10.1. The van der Waals surface area contributed by atoms with Crippen LogP contribution in [0.5, 0.6) is 5.75 Å². The molecular weight excluding hydrogens is 381 g/mol. The lowest BCUT2D eigenvalue weighted by molar-refractivity contribution is 0.0955. The number of carbonyl (C=O) groups excluding carboxylic acids is 1. The van der Waals surface area contributed by atoms with Crippen molar-refractivity contribution in [2.24, 2.45) is 0 Å². The number of rotatable bonds is 5. The minimum Gasteiger partial charge on any atom is -0.497 e. The molecule has 1 heterocycles. The second kappa shape index (κ2) is 7.82. The van der Waals surface area contributed by atoms with Gasteiger partial charge >= 0.3 is 0 Å². The van der Waals surface area contributed by atoms with Crippen LogP contribution in [-0.2, 0) is 6.54 Å². The predicted molar refractivity (Wildman–Crippen MR) is 99.5 cm³/mol. The molecule has 5 nitrogen and oxygen atoms in total. The Balaban J connectivity index is 1.78. The fourth-order valence-electron chi connectivity index (χ4n) is 2.22. The zero-order chi connectivity index (χ0) is 17.8. The Morgan fingerprint density at radius 2 is 2.08 bits per heavy atom. The Labute approximate surface area is 158 Å². The molecule has 0 fully saturated rings. The van der Waals surface area contributed by atoms with Gasteiger partial charge in [-0.25, -0.2) is 0 Å². The molecular formula is C17H13Cl2N3O2S. The number of hydrogen-bond acceptors (Lipinski definition) is 5. The number of benzene rings is 2. The molecule has 1 N–H and O–H groups in total. The van der Waals surface area contributed by atoms with Crippen molar-refractivity contribution < 1.29 is 9.53 Å². The third-order valence-corrected chi connectivity index (χ3v) is 4.80. The molecule has 0 aliphatic rings. The van der Waals surface area contributed by atoms with Gasteiger partial charge in [0.2, 0.25) is 0 Å². The number of aromatic nitrogens is 2. The standard InChI is InChI=1S/C17H13Cl2N3O2S/c1-24-13-4-2-3-10(7-13)15-16(25-22-21-15)17(23)20-9-11-5-6-12(18)8-14(11)19/h2-8H,9H2,1H3,(H,20,23). The van der Waals surface area contributed by atoms with Crippen LogP contribution in [0, 0.1) is 0 Å². The maximum Gasteiger partial charge on any atom is 0.265 e. The van der Waals surface area contributed by atoms with Crippen LogP contribution in [0.2, 0.25) is 10.0 Å². The molecule has 0 unspecified atom stereocenters. The normalized spacial score (nSPS) is 10.5. The maximum atomic E-state index is 12.5. The molecule has 0 spiro atoms. The summed E-state index contributed by atoms with van der Waals surface area (Å²) in [5.41, 5.74) is 2.06. The van der Waals surface area contributed by atoms with Crippen LogP contribution in [0.1, 0.15) is 15.2 Å². The van der Waals surface area contributed by atoms with Gasteiger partial charge in [0.05, 0.1) is 7.11 Å². The molecule has 0 aliphatic heterocycles. The Hall–Kier alpha value is -2.15. The zero-order valence-electron chi connectivity index (χ0n) is 13.1. The monoisotopic (exact) mass is 393 g/mol. The van der Waals surface area contributed by atoms with Gasteiger partial charge in [-0.1, -0.05) is 45.9 Å². The van der Waals surface area contributed by atoms with Crippen molar-refractivity contribution in [3.05, 3.63) is 63.0 Å². The molecule has 0 bridgehead atoms. The summed E-state index contributed by atoms with van der Waals surface area (Å²) in [6, 6.07) is 12.5. The average Bonchev–Trinajstić information content (AvgIpc) is 3.10. The van der Waals surface area contributed by atoms with Gasteiger partial charge in [-0.2, -0.15) is 0 Å². The number of hydrogen-bond donors (Lipinski definition) is 1. The van der Waals surface area contributed by atoms with Crippen molar-refractivity contribution >= 4 is 40.6 Å². The molecule has 1 amide bonds. The second-order valence-corrected chi connectivity index (χ2v) is 6.70. The summed E-state index contributed by atoms with van der Waals surface area (Å²) < 4.78 is 9.12. The summed E-state index contributed by atoms with van der Waals surface area (Å²) in [5.74, 6) is 0.420. The number of amides is 1. The lowest BCUT2D eigenvalue weighted by Gasteiger charge is -2.07. The number of nitrogens with one attached hydrogen (secondary N) is 1. The Morgan fingerprint density at radius 1 is 1.24 bits per heavy atom. The van der Waals surface area contributed by atoms with Crippen LogP contribution in [0.4, 0.5) is 0 Å². The highest BCUT2D eigenvalue weighted by Gasteiger charge is 2.18. The van der Waals surface area contributed by atoms with Crippen molar-refractivity contribution in [3.63, 3.8) is 0 Å². The van der Waals surface area contributed by atoms with Gasteiger partial charge in [-0.3, -0.25) is 4.79 Å². The van der Waals surface area contributed by atoms with Gasteiger partial charge in [0, 0.05) is 22.2 Å². The first-order valence-corrected chi connectivity index (χ1v) is 8.80. The van der Waals surface area contributed by atoms with Crippen LogP contribution in [0.3, 0.4) is 0 Å². The SMILES string of the molecule is COc1cccc(-c2nnsc2C(=O)NCc2ccc(Cl)cc2Cl)c1. The van der Waals surface area contributed by atoms with E-state index >= 15 is 0 Å². The number of carbonyl (C=O) groups is 1. The number of halogens is 2. The van der Waals surface area contributed by atoms with E-state index in [0.29, 0.717) is 26.4 Å². The van der Waals surface area contributed by atoms with Gasteiger partial charge in [0.15, 0.2) is 0 Å². The smallest absolute Gasteiger partial charge is 0.265 e. The molecule has 1 aromatic heterocycles. The van der Waals surface area contributed by atoms with E-state index in [1.165, 1.54) is 0 Å². The third kappa shape index (κ3) is 4.10. The summed E-state index contributed by atoms with van der Waals surface area (Å²) in [5, 5.41) is 7.96. The molecule has 0 saturated heterocycles. The average molecular weight is 394 g/mol. The van der Waals surface area contributed by atoms with E-state index in [1.54, 1.807) is 25.3 Å². The van der Waals surface area contributed by atoms with E-state index in [0.717, 1.165) is 22.7 Å². The van der Waals surface area contributed by atoms with E-state index < -0.39 is 0 Å². The molecule has 0 saturated carbocycles. The molecule has 128 valence electrons. The Bertz CT molecular complexity index is 914. The van der Waals surface area contributed by atoms with Crippen LogP contribution < -0.4 is 10.1 Å². The highest BCUT2D eigenvalue weighted by Crippen LogP contribution is 2.27. The summed E-state index contributed by atoms with van der Waals surface area (Å²) in [6.07, 6.45) is 0. The van der Waals surface area contributed by atoms with E-state index in [2.05, 4.69) is 14.9 Å². The van der Waals surface area contributed by atoms with Crippen molar-refractivity contribution in [2.45, 2.75) is 6.54 Å². The van der Waals surface area contributed by atoms with Gasteiger partial charge < -0.3 is 10.1 Å².